The number of hydrogen-bond acceptors (Lipinski definition) is 3. The molecule has 0 fully saturated rings. The van der Waals surface area contributed by atoms with Crippen LogP contribution in [0.4, 0.5) is 5.82 Å². The van der Waals surface area contributed by atoms with Gasteiger partial charge in [0.15, 0.2) is 0 Å². The average molecular weight is 304 g/mol. The summed E-state index contributed by atoms with van der Waals surface area (Å²) in [5.74, 6) is 0.929. The van der Waals surface area contributed by atoms with Crippen LogP contribution >= 0.6 is 34.8 Å². The van der Waals surface area contributed by atoms with Gasteiger partial charge in [-0.25, -0.2) is 0 Å². The van der Waals surface area contributed by atoms with Crippen LogP contribution in [-0.4, -0.2) is 4.98 Å². The Hall–Kier alpha value is -1.16. The standard InChI is InChI=1S/C12H9Cl3N2O/c1-6-2-3-7(13)4-10(6)18-12-9(15)5-8(14)11(16)17-12/h2-5H,1H3,(H2,16,17). The van der Waals surface area contributed by atoms with E-state index in [-0.39, 0.29) is 21.7 Å². The minimum atomic E-state index is 0.163. The molecule has 2 N–H and O–H groups in total. The first-order chi connectivity index (χ1) is 8.47. The first-order valence-electron chi connectivity index (χ1n) is 5.03. The molecule has 1 aromatic heterocycles. The van der Waals surface area contributed by atoms with E-state index in [0.717, 1.165) is 5.56 Å². The van der Waals surface area contributed by atoms with Gasteiger partial charge in [0, 0.05) is 5.02 Å². The summed E-state index contributed by atoms with van der Waals surface area (Å²) >= 11 is 17.7. The Morgan fingerprint density at radius 3 is 2.56 bits per heavy atom. The summed E-state index contributed by atoms with van der Waals surface area (Å²) in [6.45, 7) is 1.89. The number of aromatic nitrogens is 1. The Kier molecular flexibility index (Phi) is 3.85. The molecule has 0 bridgehead atoms. The summed E-state index contributed by atoms with van der Waals surface area (Å²) in [5.41, 5.74) is 6.51. The molecule has 6 heteroatoms. The topological polar surface area (TPSA) is 48.1 Å². The average Bonchev–Trinajstić information content (AvgIpc) is 2.30. The molecule has 0 aliphatic carbocycles. The predicted octanol–water partition coefficient (Wildman–Crippen LogP) is 4.72. The molecule has 2 aromatic rings. The maximum atomic E-state index is 5.98. The maximum Gasteiger partial charge on any atom is 0.240 e. The van der Waals surface area contributed by atoms with Crippen LogP contribution in [0, 0.1) is 6.92 Å². The highest BCUT2D eigenvalue weighted by Crippen LogP contribution is 2.34. The maximum absolute atomic E-state index is 5.98. The van der Waals surface area contributed by atoms with Crippen molar-refractivity contribution in [2.24, 2.45) is 0 Å². The van der Waals surface area contributed by atoms with Crippen LogP contribution in [0.1, 0.15) is 5.56 Å². The van der Waals surface area contributed by atoms with Crippen molar-refractivity contribution in [1.82, 2.24) is 4.98 Å². The van der Waals surface area contributed by atoms with Gasteiger partial charge < -0.3 is 10.5 Å². The predicted molar refractivity (Wildman–Crippen MR) is 74.9 cm³/mol. The molecule has 0 spiro atoms. The van der Waals surface area contributed by atoms with Crippen molar-refractivity contribution in [1.29, 1.82) is 0 Å². The quantitative estimate of drug-likeness (QED) is 0.873. The number of ether oxygens (including phenoxy) is 1. The van der Waals surface area contributed by atoms with E-state index in [4.69, 9.17) is 45.3 Å². The smallest absolute Gasteiger partial charge is 0.240 e. The largest absolute Gasteiger partial charge is 0.437 e. The number of pyridine rings is 1. The molecular weight excluding hydrogens is 295 g/mol. The van der Waals surface area contributed by atoms with Gasteiger partial charge in [0.05, 0.1) is 5.02 Å². The van der Waals surface area contributed by atoms with Gasteiger partial charge in [0.2, 0.25) is 5.88 Å². The van der Waals surface area contributed by atoms with Crippen LogP contribution in [0.15, 0.2) is 24.3 Å². The molecule has 0 saturated carbocycles. The van der Waals surface area contributed by atoms with Gasteiger partial charge in [-0.2, -0.15) is 4.98 Å². The van der Waals surface area contributed by atoms with E-state index < -0.39 is 0 Å². The molecule has 1 aromatic carbocycles. The lowest BCUT2D eigenvalue weighted by Gasteiger charge is -2.10. The fourth-order valence-corrected chi connectivity index (χ4v) is 1.88. The third-order valence-electron chi connectivity index (χ3n) is 2.28. The Morgan fingerprint density at radius 2 is 1.83 bits per heavy atom. The van der Waals surface area contributed by atoms with Gasteiger partial charge in [-0.3, -0.25) is 0 Å². The minimum absolute atomic E-state index is 0.163. The lowest BCUT2D eigenvalue weighted by molar-refractivity contribution is 0.461. The molecule has 0 aliphatic heterocycles. The molecule has 0 atom stereocenters. The number of benzene rings is 1. The van der Waals surface area contributed by atoms with Crippen LogP contribution in [0.2, 0.25) is 15.1 Å². The highest BCUT2D eigenvalue weighted by Gasteiger charge is 2.11. The highest BCUT2D eigenvalue weighted by atomic mass is 35.5. The molecule has 0 amide bonds. The number of aryl methyl sites for hydroxylation is 1. The first kappa shape index (κ1) is 13.3. The zero-order chi connectivity index (χ0) is 13.3. The Balaban J connectivity index is 2.40. The fraction of sp³-hybridized carbons (Fsp3) is 0.0833. The molecule has 0 unspecified atom stereocenters. The molecule has 1 heterocycles. The molecule has 0 saturated heterocycles. The number of rotatable bonds is 2. The van der Waals surface area contributed by atoms with Crippen LogP contribution < -0.4 is 10.5 Å². The Labute approximate surface area is 119 Å². The van der Waals surface area contributed by atoms with Gasteiger partial charge >= 0.3 is 0 Å². The van der Waals surface area contributed by atoms with E-state index in [1.54, 1.807) is 12.1 Å². The van der Waals surface area contributed by atoms with Crippen LogP contribution in [0.5, 0.6) is 11.6 Å². The molecule has 0 aliphatic rings. The number of anilines is 1. The first-order valence-corrected chi connectivity index (χ1v) is 6.16. The zero-order valence-corrected chi connectivity index (χ0v) is 11.6. The van der Waals surface area contributed by atoms with Crippen molar-refractivity contribution < 1.29 is 4.74 Å². The van der Waals surface area contributed by atoms with Crippen molar-refractivity contribution in [3.63, 3.8) is 0 Å². The summed E-state index contributed by atoms with van der Waals surface area (Å²) in [4.78, 5) is 3.99. The lowest BCUT2D eigenvalue weighted by atomic mass is 10.2. The van der Waals surface area contributed by atoms with Crippen molar-refractivity contribution >= 4 is 40.6 Å². The van der Waals surface area contributed by atoms with Crippen LogP contribution in [0.3, 0.4) is 0 Å². The summed E-state index contributed by atoms with van der Waals surface area (Å²) in [6, 6.07) is 6.78. The van der Waals surface area contributed by atoms with Gasteiger partial charge in [0.25, 0.3) is 0 Å². The second-order valence-electron chi connectivity index (χ2n) is 3.65. The van der Waals surface area contributed by atoms with E-state index in [9.17, 15) is 0 Å². The number of halogens is 3. The fourth-order valence-electron chi connectivity index (χ4n) is 1.32. The van der Waals surface area contributed by atoms with Crippen LogP contribution in [-0.2, 0) is 0 Å². The number of hydrogen-bond donors (Lipinski definition) is 1. The molecule has 0 radical (unpaired) electrons. The van der Waals surface area contributed by atoms with E-state index in [0.29, 0.717) is 10.8 Å². The van der Waals surface area contributed by atoms with E-state index in [2.05, 4.69) is 4.98 Å². The SMILES string of the molecule is Cc1ccc(Cl)cc1Oc1nc(N)c(Cl)cc1Cl. The molecule has 2 rings (SSSR count). The van der Waals surface area contributed by atoms with Crippen LogP contribution in [0.25, 0.3) is 0 Å². The summed E-state index contributed by atoms with van der Waals surface area (Å²) < 4.78 is 5.59. The zero-order valence-electron chi connectivity index (χ0n) is 9.38. The summed E-state index contributed by atoms with van der Waals surface area (Å²) in [6.07, 6.45) is 0. The van der Waals surface area contributed by atoms with Gasteiger partial charge in [-0.1, -0.05) is 40.9 Å². The molecule has 18 heavy (non-hydrogen) atoms. The second-order valence-corrected chi connectivity index (χ2v) is 4.91. The number of nitrogen functional groups attached to an aromatic ring is 1. The molecular formula is C12H9Cl3N2O. The van der Waals surface area contributed by atoms with Crippen molar-refractivity contribution in [2.75, 3.05) is 5.73 Å². The van der Waals surface area contributed by atoms with E-state index >= 15 is 0 Å². The molecule has 3 nitrogen and oxygen atoms in total. The monoisotopic (exact) mass is 302 g/mol. The van der Waals surface area contributed by atoms with Crippen molar-refractivity contribution in [2.45, 2.75) is 6.92 Å². The van der Waals surface area contributed by atoms with Crippen molar-refractivity contribution in [3.05, 3.63) is 44.9 Å². The Morgan fingerprint density at radius 1 is 1.11 bits per heavy atom. The number of nitrogens with zero attached hydrogens (tertiary/aromatic N) is 1. The number of nitrogens with two attached hydrogens (primary N) is 1. The second kappa shape index (κ2) is 5.22. The normalized spacial score (nSPS) is 10.4. The van der Waals surface area contributed by atoms with E-state index in [1.807, 2.05) is 13.0 Å². The third kappa shape index (κ3) is 2.80. The Bertz CT molecular complexity index is 602. The van der Waals surface area contributed by atoms with Gasteiger partial charge in [-0.15, -0.1) is 0 Å². The molecule has 94 valence electrons. The highest BCUT2D eigenvalue weighted by molar-refractivity contribution is 6.36. The summed E-state index contributed by atoms with van der Waals surface area (Å²) in [5, 5.41) is 1.14. The summed E-state index contributed by atoms with van der Waals surface area (Å²) in [7, 11) is 0. The van der Waals surface area contributed by atoms with Gasteiger partial charge in [0.1, 0.15) is 16.6 Å². The third-order valence-corrected chi connectivity index (χ3v) is 3.09. The van der Waals surface area contributed by atoms with Crippen molar-refractivity contribution in [3.8, 4) is 11.6 Å². The minimum Gasteiger partial charge on any atom is -0.437 e. The lowest BCUT2D eigenvalue weighted by Crippen LogP contribution is -1.96. The van der Waals surface area contributed by atoms with E-state index in [1.165, 1.54) is 6.07 Å². The van der Waals surface area contributed by atoms with Gasteiger partial charge in [-0.05, 0) is 30.7 Å².